The molecule has 21 heavy (non-hydrogen) atoms. The number of ether oxygens (including phenoxy) is 1. The van der Waals surface area contributed by atoms with Gasteiger partial charge in [-0.3, -0.25) is 4.79 Å². The third-order valence-corrected chi connectivity index (χ3v) is 3.66. The van der Waals surface area contributed by atoms with Gasteiger partial charge in [-0.15, -0.1) is 0 Å². The van der Waals surface area contributed by atoms with Crippen molar-refractivity contribution in [3.05, 3.63) is 47.8 Å². The average molecular weight is 280 g/mol. The number of methoxy groups -OCH3 is 1. The molecule has 0 amide bonds. The van der Waals surface area contributed by atoms with Crippen LogP contribution in [0.5, 0.6) is 5.88 Å². The molecule has 2 heterocycles. The predicted molar refractivity (Wildman–Crippen MR) is 82.8 cm³/mol. The minimum atomic E-state index is 0.0366. The van der Waals surface area contributed by atoms with E-state index in [9.17, 15) is 4.79 Å². The van der Waals surface area contributed by atoms with Crippen LogP contribution in [0, 0.1) is 6.92 Å². The second kappa shape index (κ2) is 5.05. The highest BCUT2D eigenvalue weighted by molar-refractivity contribution is 5.98. The molecule has 0 radical (unpaired) electrons. The fourth-order valence-electron chi connectivity index (χ4n) is 2.52. The highest BCUT2D eigenvalue weighted by Crippen LogP contribution is 2.30. The number of Topliss-reactive ketones (excluding diaryl/α,β-unsaturated/α-hetero) is 1. The third-order valence-electron chi connectivity index (χ3n) is 3.66. The predicted octanol–water partition coefficient (Wildman–Crippen LogP) is 3.75. The molecule has 0 unspecified atom stereocenters. The number of pyridine rings is 1. The van der Waals surface area contributed by atoms with E-state index >= 15 is 0 Å². The zero-order chi connectivity index (χ0) is 15.0. The Hall–Kier alpha value is -2.62. The lowest BCUT2D eigenvalue weighted by molar-refractivity contribution is 0.101. The van der Waals surface area contributed by atoms with Crippen LogP contribution in [0.2, 0.25) is 0 Å². The highest BCUT2D eigenvalue weighted by atomic mass is 16.5. The number of hydrogen-bond acceptors (Lipinski definition) is 3. The first-order chi connectivity index (χ1) is 10.1. The number of ketones is 1. The van der Waals surface area contributed by atoms with Crippen LogP contribution in [0.25, 0.3) is 22.0 Å². The van der Waals surface area contributed by atoms with Crippen molar-refractivity contribution in [2.75, 3.05) is 7.11 Å². The number of aromatic amines is 1. The smallest absolute Gasteiger partial charge is 0.216 e. The first-order valence-electron chi connectivity index (χ1n) is 6.74. The van der Waals surface area contributed by atoms with Gasteiger partial charge < -0.3 is 9.72 Å². The number of carbonyl (C=O) groups excluding carboxylic acids is 1. The lowest BCUT2D eigenvalue weighted by Gasteiger charge is -2.09. The summed E-state index contributed by atoms with van der Waals surface area (Å²) in [7, 11) is 1.62. The van der Waals surface area contributed by atoms with Gasteiger partial charge in [0.2, 0.25) is 5.88 Å². The number of H-pyrrole nitrogens is 1. The number of aromatic nitrogens is 2. The Bertz CT molecular complexity index is 834. The van der Waals surface area contributed by atoms with E-state index in [1.807, 2.05) is 31.2 Å². The fraction of sp³-hybridized carbons (Fsp3) is 0.176. The Kier molecular flexibility index (Phi) is 3.22. The van der Waals surface area contributed by atoms with Crippen LogP contribution in [0.3, 0.4) is 0 Å². The quantitative estimate of drug-likeness (QED) is 0.743. The molecule has 0 aliphatic heterocycles. The molecule has 3 aromatic rings. The molecule has 0 aliphatic rings. The lowest BCUT2D eigenvalue weighted by atomic mass is 10.0. The summed E-state index contributed by atoms with van der Waals surface area (Å²) >= 11 is 0. The topological polar surface area (TPSA) is 55.0 Å². The molecule has 4 heteroatoms. The van der Waals surface area contributed by atoms with Crippen LogP contribution < -0.4 is 4.74 Å². The van der Waals surface area contributed by atoms with Crippen molar-refractivity contribution < 1.29 is 9.53 Å². The Morgan fingerprint density at radius 2 is 2.05 bits per heavy atom. The maximum atomic E-state index is 11.5. The summed E-state index contributed by atoms with van der Waals surface area (Å²) in [5.74, 6) is 0.667. The van der Waals surface area contributed by atoms with Gasteiger partial charge >= 0.3 is 0 Å². The minimum Gasteiger partial charge on any atom is -0.481 e. The van der Waals surface area contributed by atoms with E-state index in [2.05, 4.69) is 16.0 Å². The van der Waals surface area contributed by atoms with Crippen LogP contribution in [0.4, 0.5) is 0 Å². The molecule has 106 valence electrons. The summed E-state index contributed by atoms with van der Waals surface area (Å²) in [4.78, 5) is 18.8. The molecular formula is C17H16N2O2. The molecule has 0 saturated carbocycles. The Balaban J connectivity index is 2.15. The van der Waals surface area contributed by atoms with Crippen molar-refractivity contribution >= 4 is 16.7 Å². The largest absolute Gasteiger partial charge is 0.481 e. The summed E-state index contributed by atoms with van der Waals surface area (Å²) in [5.41, 5.74) is 4.75. The van der Waals surface area contributed by atoms with Crippen molar-refractivity contribution in [2.45, 2.75) is 13.8 Å². The van der Waals surface area contributed by atoms with Crippen molar-refractivity contribution in [1.82, 2.24) is 9.97 Å². The van der Waals surface area contributed by atoms with Gasteiger partial charge in [0.05, 0.1) is 12.8 Å². The molecule has 0 aliphatic carbocycles. The summed E-state index contributed by atoms with van der Waals surface area (Å²) in [6.45, 7) is 3.55. The van der Waals surface area contributed by atoms with E-state index in [-0.39, 0.29) is 5.78 Å². The zero-order valence-corrected chi connectivity index (χ0v) is 12.2. The van der Waals surface area contributed by atoms with Crippen molar-refractivity contribution in [3.63, 3.8) is 0 Å². The maximum absolute atomic E-state index is 11.5. The van der Waals surface area contributed by atoms with E-state index in [4.69, 9.17) is 4.74 Å². The van der Waals surface area contributed by atoms with Gasteiger partial charge in [-0.1, -0.05) is 6.07 Å². The molecule has 4 nitrogen and oxygen atoms in total. The maximum Gasteiger partial charge on any atom is 0.216 e. The van der Waals surface area contributed by atoms with Gasteiger partial charge in [0.15, 0.2) is 5.78 Å². The second-order valence-corrected chi connectivity index (χ2v) is 5.03. The van der Waals surface area contributed by atoms with Gasteiger partial charge in [0.1, 0.15) is 0 Å². The molecule has 3 rings (SSSR count). The number of carbonyl (C=O) groups is 1. The van der Waals surface area contributed by atoms with Crippen molar-refractivity contribution in [3.8, 4) is 17.0 Å². The van der Waals surface area contributed by atoms with Crippen LogP contribution in [0.1, 0.15) is 23.0 Å². The monoisotopic (exact) mass is 280 g/mol. The Labute approximate surface area is 122 Å². The van der Waals surface area contributed by atoms with Crippen molar-refractivity contribution in [1.29, 1.82) is 0 Å². The summed E-state index contributed by atoms with van der Waals surface area (Å²) < 4.78 is 5.27. The van der Waals surface area contributed by atoms with Crippen LogP contribution in [-0.2, 0) is 0 Å². The zero-order valence-electron chi connectivity index (χ0n) is 12.2. The molecular weight excluding hydrogens is 264 g/mol. The van der Waals surface area contributed by atoms with E-state index in [1.54, 1.807) is 20.2 Å². The molecule has 0 fully saturated rings. The molecule has 0 spiro atoms. The molecule has 0 atom stereocenters. The van der Waals surface area contributed by atoms with Gasteiger partial charge in [-0.2, -0.15) is 0 Å². The van der Waals surface area contributed by atoms with Gasteiger partial charge in [-0.05, 0) is 42.3 Å². The standard InChI is InChI=1S/C17H16N2O2/c1-10-14(6-7-18-17(10)21-3)12-4-5-15-13(8-12)9-16(19-15)11(2)20/h4-9,19H,1-3H3. The molecule has 0 saturated heterocycles. The highest BCUT2D eigenvalue weighted by Gasteiger charge is 2.10. The van der Waals surface area contributed by atoms with Crippen molar-refractivity contribution in [2.24, 2.45) is 0 Å². The average Bonchev–Trinajstić information content (AvgIpc) is 2.90. The van der Waals surface area contributed by atoms with Crippen LogP contribution in [0.15, 0.2) is 36.5 Å². The normalized spacial score (nSPS) is 10.8. The number of rotatable bonds is 3. The van der Waals surface area contributed by atoms with Gasteiger partial charge in [0, 0.05) is 29.6 Å². The number of benzene rings is 1. The molecule has 1 aromatic carbocycles. The summed E-state index contributed by atoms with van der Waals surface area (Å²) in [5, 5.41) is 1.02. The number of fused-ring (bicyclic) bond motifs is 1. The van der Waals surface area contributed by atoms with E-state index < -0.39 is 0 Å². The molecule has 1 N–H and O–H groups in total. The minimum absolute atomic E-state index is 0.0366. The number of hydrogen-bond donors (Lipinski definition) is 1. The Morgan fingerprint density at radius 3 is 2.76 bits per heavy atom. The molecule has 2 aromatic heterocycles. The lowest BCUT2D eigenvalue weighted by Crippen LogP contribution is -1.93. The first kappa shape index (κ1) is 13.4. The van der Waals surface area contributed by atoms with E-state index in [0.717, 1.165) is 27.6 Å². The van der Waals surface area contributed by atoms with Crippen LogP contribution in [-0.4, -0.2) is 22.9 Å². The summed E-state index contributed by atoms with van der Waals surface area (Å²) in [6, 6.07) is 9.94. The van der Waals surface area contributed by atoms with E-state index in [1.165, 1.54) is 0 Å². The fourth-order valence-corrected chi connectivity index (χ4v) is 2.52. The van der Waals surface area contributed by atoms with E-state index in [0.29, 0.717) is 11.6 Å². The number of nitrogens with one attached hydrogen (secondary N) is 1. The molecule has 0 bridgehead atoms. The first-order valence-corrected chi connectivity index (χ1v) is 6.74. The SMILES string of the molecule is COc1nccc(-c2ccc3[nH]c(C(C)=O)cc3c2)c1C. The number of nitrogens with zero attached hydrogens (tertiary/aromatic N) is 1. The van der Waals surface area contributed by atoms with Gasteiger partial charge in [-0.25, -0.2) is 4.98 Å². The third kappa shape index (κ3) is 2.29. The van der Waals surface area contributed by atoms with Gasteiger partial charge in [0.25, 0.3) is 0 Å². The second-order valence-electron chi connectivity index (χ2n) is 5.03. The summed E-state index contributed by atoms with van der Waals surface area (Å²) in [6.07, 6.45) is 1.74. The van der Waals surface area contributed by atoms with Crippen LogP contribution >= 0.6 is 0 Å². The Morgan fingerprint density at radius 1 is 1.24 bits per heavy atom.